The molecule has 6 heteroatoms. The number of ether oxygens (including phenoxy) is 1. The summed E-state index contributed by atoms with van der Waals surface area (Å²) in [6, 6.07) is 15.7. The van der Waals surface area contributed by atoms with Crippen LogP contribution in [0.3, 0.4) is 0 Å². The lowest BCUT2D eigenvalue weighted by Crippen LogP contribution is -2.20. The monoisotopic (exact) mass is 377 g/mol. The number of aryl methyl sites for hydroxylation is 2. The van der Waals surface area contributed by atoms with E-state index in [1.165, 1.54) is 11.3 Å². The molecule has 27 heavy (non-hydrogen) atoms. The van der Waals surface area contributed by atoms with E-state index in [-0.39, 0.29) is 12.5 Å². The number of hydrogen-bond acceptors (Lipinski definition) is 4. The fourth-order valence-electron chi connectivity index (χ4n) is 2.99. The molecule has 2 aromatic heterocycles. The maximum Gasteiger partial charge on any atom is 0.264 e. The summed E-state index contributed by atoms with van der Waals surface area (Å²) in [6.45, 7) is 3.98. The molecule has 0 bridgehead atoms. The van der Waals surface area contributed by atoms with Crippen LogP contribution in [-0.2, 0) is 4.79 Å². The Labute approximate surface area is 161 Å². The molecule has 0 saturated heterocycles. The second-order valence-electron chi connectivity index (χ2n) is 6.36. The Morgan fingerprint density at radius 3 is 2.74 bits per heavy atom. The second kappa shape index (κ2) is 7.25. The van der Waals surface area contributed by atoms with Crippen molar-refractivity contribution in [2.75, 3.05) is 11.9 Å². The fraction of sp³-hybridized carbons (Fsp3) is 0.143. The van der Waals surface area contributed by atoms with E-state index in [0.29, 0.717) is 10.9 Å². The summed E-state index contributed by atoms with van der Waals surface area (Å²) in [5.41, 5.74) is 5.20. The van der Waals surface area contributed by atoms with Gasteiger partial charge >= 0.3 is 0 Å². The molecule has 0 saturated carbocycles. The first-order valence-electron chi connectivity index (χ1n) is 8.62. The molecule has 0 unspecified atom stereocenters. The van der Waals surface area contributed by atoms with Crippen LogP contribution in [0, 0.1) is 13.8 Å². The summed E-state index contributed by atoms with van der Waals surface area (Å²) in [7, 11) is 0. The zero-order valence-electron chi connectivity index (χ0n) is 15.1. The minimum absolute atomic E-state index is 0.0515. The van der Waals surface area contributed by atoms with E-state index in [2.05, 4.69) is 21.4 Å². The van der Waals surface area contributed by atoms with Gasteiger partial charge in [-0.3, -0.25) is 10.1 Å². The van der Waals surface area contributed by atoms with Gasteiger partial charge in [0, 0.05) is 27.5 Å². The summed E-state index contributed by atoms with van der Waals surface area (Å²) >= 11 is 1.40. The third-order valence-corrected chi connectivity index (χ3v) is 5.05. The number of aromatic nitrogens is 2. The van der Waals surface area contributed by atoms with Gasteiger partial charge in [0.05, 0.1) is 5.69 Å². The molecule has 5 nitrogen and oxygen atoms in total. The zero-order valence-corrected chi connectivity index (χ0v) is 15.9. The van der Waals surface area contributed by atoms with E-state index in [4.69, 9.17) is 4.74 Å². The van der Waals surface area contributed by atoms with Gasteiger partial charge in [0.2, 0.25) is 0 Å². The average molecular weight is 377 g/mol. The van der Waals surface area contributed by atoms with Gasteiger partial charge < -0.3 is 9.72 Å². The molecule has 0 aliphatic heterocycles. The maximum atomic E-state index is 12.2. The van der Waals surface area contributed by atoms with Crippen molar-refractivity contribution in [2.45, 2.75) is 13.8 Å². The number of fused-ring (bicyclic) bond motifs is 1. The van der Waals surface area contributed by atoms with Crippen molar-refractivity contribution in [3.8, 4) is 17.0 Å². The van der Waals surface area contributed by atoms with Crippen LogP contribution >= 0.6 is 11.3 Å². The summed E-state index contributed by atoms with van der Waals surface area (Å²) in [5.74, 6) is 0.442. The van der Waals surface area contributed by atoms with Crippen molar-refractivity contribution in [1.82, 2.24) is 9.97 Å². The molecule has 0 aliphatic rings. The van der Waals surface area contributed by atoms with Crippen LogP contribution in [0.25, 0.3) is 22.2 Å². The van der Waals surface area contributed by atoms with Crippen LogP contribution < -0.4 is 10.1 Å². The molecular formula is C21H19N3O2S. The van der Waals surface area contributed by atoms with Gasteiger partial charge in [0.1, 0.15) is 5.75 Å². The summed E-state index contributed by atoms with van der Waals surface area (Å²) in [6.07, 6.45) is 0. The third kappa shape index (κ3) is 3.71. The second-order valence-corrected chi connectivity index (χ2v) is 7.22. The van der Waals surface area contributed by atoms with Crippen LogP contribution in [0.15, 0.2) is 53.9 Å². The van der Waals surface area contributed by atoms with Crippen LogP contribution in [0.1, 0.15) is 11.3 Å². The topological polar surface area (TPSA) is 67.0 Å². The van der Waals surface area contributed by atoms with Crippen LogP contribution in [0.2, 0.25) is 0 Å². The van der Waals surface area contributed by atoms with Gasteiger partial charge in [-0.15, -0.1) is 11.3 Å². The number of hydrogen-bond donors (Lipinski definition) is 2. The number of amides is 1. The molecule has 0 fully saturated rings. The number of benzene rings is 2. The van der Waals surface area contributed by atoms with E-state index in [1.54, 1.807) is 0 Å². The number of anilines is 1. The Kier molecular flexibility index (Phi) is 4.64. The highest BCUT2D eigenvalue weighted by molar-refractivity contribution is 7.14. The number of thiazole rings is 1. The standard InChI is InChI=1S/C21H19N3O2S/c1-13-7-9-15(10-8-13)26-11-19(25)24-21-23-18(12-27-21)20-14(2)22-17-6-4-3-5-16(17)20/h3-10,12,22H,11H2,1-2H3,(H,23,24,25). The normalized spacial score (nSPS) is 10.9. The fourth-order valence-corrected chi connectivity index (χ4v) is 3.71. The first-order valence-corrected chi connectivity index (χ1v) is 9.50. The van der Waals surface area contributed by atoms with E-state index in [0.717, 1.165) is 33.4 Å². The Morgan fingerprint density at radius 1 is 1.15 bits per heavy atom. The number of carbonyl (C=O) groups is 1. The maximum absolute atomic E-state index is 12.2. The van der Waals surface area contributed by atoms with Crippen molar-refractivity contribution >= 4 is 33.3 Å². The first kappa shape index (κ1) is 17.3. The van der Waals surface area contributed by atoms with E-state index >= 15 is 0 Å². The number of nitrogens with zero attached hydrogens (tertiary/aromatic N) is 1. The summed E-state index contributed by atoms with van der Waals surface area (Å²) in [4.78, 5) is 20.1. The van der Waals surface area contributed by atoms with Crippen molar-refractivity contribution in [2.24, 2.45) is 0 Å². The van der Waals surface area contributed by atoms with Crippen LogP contribution in [0.5, 0.6) is 5.75 Å². The number of nitrogens with one attached hydrogen (secondary N) is 2. The van der Waals surface area contributed by atoms with Crippen molar-refractivity contribution in [3.05, 3.63) is 65.2 Å². The molecule has 4 rings (SSSR count). The van der Waals surface area contributed by atoms with Crippen molar-refractivity contribution in [3.63, 3.8) is 0 Å². The van der Waals surface area contributed by atoms with Gasteiger partial charge in [0.25, 0.3) is 5.91 Å². The SMILES string of the molecule is Cc1ccc(OCC(=O)Nc2nc(-c3c(C)[nH]c4ccccc34)cs2)cc1. The summed E-state index contributed by atoms with van der Waals surface area (Å²) < 4.78 is 5.51. The molecule has 136 valence electrons. The van der Waals surface area contributed by atoms with Crippen molar-refractivity contribution in [1.29, 1.82) is 0 Å². The molecular weight excluding hydrogens is 358 g/mol. The number of para-hydroxylation sites is 1. The molecule has 0 aliphatic carbocycles. The molecule has 2 N–H and O–H groups in total. The van der Waals surface area contributed by atoms with E-state index in [1.807, 2.05) is 61.7 Å². The van der Waals surface area contributed by atoms with E-state index in [9.17, 15) is 4.79 Å². The Bertz CT molecular complexity index is 1100. The minimum atomic E-state index is -0.230. The molecule has 0 radical (unpaired) electrons. The minimum Gasteiger partial charge on any atom is -0.484 e. The Hall–Kier alpha value is -3.12. The molecule has 2 heterocycles. The largest absolute Gasteiger partial charge is 0.484 e. The zero-order chi connectivity index (χ0) is 18.8. The number of aromatic amines is 1. The molecule has 0 atom stereocenters. The highest BCUT2D eigenvalue weighted by Gasteiger charge is 2.14. The van der Waals surface area contributed by atoms with Crippen LogP contribution in [-0.4, -0.2) is 22.5 Å². The summed E-state index contributed by atoms with van der Waals surface area (Å²) in [5, 5.41) is 6.45. The Morgan fingerprint density at radius 2 is 1.93 bits per heavy atom. The number of carbonyl (C=O) groups excluding carboxylic acids is 1. The molecule has 2 aromatic carbocycles. The quantitative estimate of drug-likeness (QED) is 0.518. The van der Waals surface area contributed by atoms with Crippen molar-refractivity contribution < 1.29 is 9.53 Å². The smallest absolute Gasteiger partial charge is 0.264 e. The highest BCUT2D eigenvalue weighted by Crippen LogP contribution is 2.33. The molecule has 4 aromatic rings. The van der Waals surface area contributed by atoms with E-state index < -0.39 is 0 Å². The lowest BCUT2D eigenvalue weighted by molar-refractivity contribution is -0.118. The predicted octanol–water partition coefficient (Wildman–Crippen LogP) is 4.93. The third-order valence-electron chi connectivity index (χ3n) is 4.29. The molecule has 0 spiro atoms. The average Bonchev–Trinajstić information content (AvgIpc) is 3.24. The lowest BCUT2D eigenvalue weighted by atomic mass is 10.1. The number of H-pyrrole nitrogens is 1. The Balaban J connectivity index is 1.45. The van der Waals surface area contributed by atoms with Gasteiger partial charge in [-0.2, -0.15) is 0 Å². The van der Waals surface area contributed by atoms with Gasteiger partial charge in [-0.05, 0) is 32.0 Å². The predicted molar refractivity (Wildman–Crippen MR) is 109 cm³/mol. The van der Waals surface area contributed by atoms with Gasteiger partial charge in [-0.1, -0.05) is 35.9 Å². The lowest BCUT2D eigenvalue weighted by Gasteiger charge is -2.06. The van der Waals surface area contributed by atoms with Gasteiger partial charge in [0.15, 0.2) is 11.7 Å². The highest BCUT2D eigenvalue weighted by atomic mass is 32.1. The first-order chi connectivity index (χ1) is 13.1. The number of rotatable bonds is 5. The van der Waals surface area contributed by atoms with Gasteiger partial charge in [-0.25, -0.2) is 4.98 Å². The molecule has 1 amide bonds. The van der Waals surface area contributed by atoms with Crippen LogP contribution in [0.4, 0.5) is 5.13 Å².